The molecule has 0 radical (unpaired) electrons. The molecule has 4 aromatic carbocycles. The number of hydrogen-bond donors (Lipinski definition) is 0. The van der Waals surface area contributed by atoms with E-state index in [-0.39, 0.29) is 0 Å². The van der Waals surface area contributed by atoms with Crippen molar-refractivity contribution in [3.63, 3.8) is 0 Å². The van der Waals surface area contributed by atoms with Crippen LogP contribution in [-0.2, 0) is 0 Å². The molecule has 0 bridgehead atoms. The Balaban J connectivity index is 1.28. The van der Waals surface area contributed by atoms with Gasteiger partial charge in [-0.1, -0.05) is 12.1 Å². The summed E-state index contributed by atoms with van der Waals surface area (Å²) in [6.07, 6.45) is 0. The monoisotopic (exact) mass is 444 g/mol. The fourth-order valence-electron chi connectivity index (χ4n) is 3.24. The van der Waals surface area contributed by atoms with Crippen LogP contribution < -0.4 is 23.7 Å². The first kappa shape index (κ1) is 22.0. The zero-order valence-corrected chi connectivity index (χ0v) is 18.4. The summed E-state index contributed by atoms with van der Waals surface area (Å²) < 4.78 is 27.2. The first-order valence-corrected chi connectivity index (χ1v) is 10.4. The molecule has 0 aliphatic carbocycles. The summed E-state index contributed by atoms with van der Waals surface area (Å²) in [7, 11) is 3.25. The number of ether oxygens (including phenoxy) is 5. The summed E-state index contributed by atoms with van der Waals surface area (Å²) in [6, 6.07) is 25.4. The molecule has 0 heterocycles. The van der Waals surface area contributed by atoms with E-state index >= 15 is 0 Å². The van der Waals surface area contributed by atoms with E-state index in [1.54, 1.807) is 50.6 Å². The highest BCUT2D eigenvalue weighted by Gasteiger charge is 2.10. The van der Waals surface area contributed by atoms with Crippen LogP contribution in [0.15, 0.2) is 84.9 Å². The standard InChI is InChI=1S/C27H24O6/c1-29-22-7-9-23(10-8-22)31-15-16-32-24-11-13-25(14-12-24)33-27(28)21-4-3-20-18-26(30-2)6-5-19(20)17-21/h3-14,17-18H,15-16H2,1-2H3. The Morgan fingerprint density at radius 3 is 1.67 bits per heavy atom. The summed E-state index contributed by atoms with van der Waals surface area (Å²) in [5, 5.41) is 1.93. The van der Waals surface area contributed by atoms with Crippen molar-refractivity contribution in [3.8, 4) is 28.7 Å². The predicted octanol–water partition coefficient (Wildman–Crippen LogP) is 5.53. The van der Waals surface area contributed by atoms with Gasteiger partial charge in [-0.05, 0) is 83.6 Å². The van der Waals surface area contributed by atoms with Gasteiger partial charge in [0.1, 0.15) is 42.0 Å². The zero-order chi connectivity index (χ0) is 23.0. The number of fused-ring (bicyclic) bond motifs is 1. The van der Waals surface area contributed by atoms with Gasteiger partial charge in [-0.2, -0.15) is 0 Å². The predicted molar refractivity (Wildman–Crippen MR) is 126 cm³/mol. The molecule has 0 unspecified atom stereocenters. The number of carbonyl (C=O) groups excluding carboxylic acids is 1. The summed E-state index contributed by atoms with van der Waals surface area (Å²) in [4.78, 5) is 12.5. The minimum atomic E-state index is -0.422. The highest BCUT2D eigenvalue weighted by Crippen LogP contribution is 2.24. The first-order valence-electron chi connectivity index (χ1n) is 10.4. The number of carbonyl (C=O) groups is 1. The molecular weight excluding hydrogens is 420 g/mol. The van der Waals surface area contributed by atoms with E-state index in [2.05, 4.69) is 0 Å². The van der Waals surface area contributed by atoms with E-state index in [1.807, 2.05) is 48.5 Å². The molecule has 4 aromatic rings. The Kier molecular flexibility index (Phi) is 6.95. The number of methoxy groups -OCH3 is 2. The molecule has 6 nitrogen and oxygen atoms in total. The Bertz CT molecular complexity index is 1220. The summed E-state index contributed by atoms with van der Waals surface area (Å²) in [5.74, 6) is 2.97. The van der Waals surface area contributed by atoms with Crippen molar-refractivity contribution in [2.45, 2.75) is 0 Å². The van der Waals surface area contributed by atoms with Crippen molar-refractivity contribution in [1.29, 1.82) is 0 Å². The molecule has 0 aromatic heterocycles. The van der Waals surface area contributed by atoms with Crippen LogP contribution in [-0.4, -0.2) is 33.4 Å². The van der Waals surface area contributed by atoms with Crippen LogP contribution >= 0.6 is 0 Å². The molecule has 0 saturated carbocycles. The van der Waals surface area contributed by atoms with Crippen LogP contribution in [0.25, 0.3) is 10.8 Å². The molecule has 0 spiro atoms. The average molecular weight is 444 g/mol. The minimum absolute atomic E-state index is 0.382. The van der Waals surface area contributed by atoms with Gasteiger partial charge in [0.25, 0.3) is 0 Å². The highest BCUT2D eigenvalue weighted by atomic mass is 16.5. The molecule has 168 valence electrons. The van der Waals surface area contributed by atoms with Crippen molar-refractivity contribution in [3.05, 3.63) is 90.5 Å². The lowest BCUT2D eigenvalue weighted by molar-refractivity contribution is 0.0734. The van der Waals surface area contributed by atoms with Crippen LogP contribution in [0.1, 0.15) is 10.4 Å². The molecule has 0 saturated heterocycles. The van der Waals surface area contributed by atoms with E-state index < -0.39 is 5.97 Å². The number of esters is 1. The van der Waals surface area contributed by atoms with Crippen LogP contribution in [0.3, 0.4) is 0 Å². The lowest BCUT2D eigenvalue weighted by atomic mass is 10.1. The fourth-order valence-corrected chi connectivity index (χ4v) is 3.24. The second-order valence-electron chi connectivity index (χ2n) is 7.16. The molecule has 0 fully saturated rings. The van der Waals surface area contributed by atoms with Gasteiger partial charge in [0, 0.05) is 0 Å². The largest absolute Gasteiger partial charge is 0.497 e. The number of rotatable bonds is 9. The lowest BCUT2D eigenvalue weighted by Gasteiger charge is -2.10. The van der Waals surface area contributed by atoms with Crippen molar-refractivity contribution >= 4 is 16.7 Å². The molecule has 0 aliphatic rings. The molecular formula is C27H24O6. The van der Waals surface area contributed by atoms with Gasteiger partial charge < -0.3 is 23.7 Å². The van der Waals surface area contributed by atoms with E-state index in [9.17, 15) is 4.79 Å². The third kappa shape index (κ3) is 5.74. The van der Waals surface area contributed by atoms with Crippen LogP contribution in [0.5, 0.6) is 28.7 Å². The summed E-state index contributed by atoms with van der Waals surface area (Å²) in [6.45, 7) is 0.782. The molecule has 0 aliphatic heterocycles. The minimum Gasteiger partial charge on any atom is -0.497 e. The van der Waals surface area contributed by atoms with Gasteiger partial charge >= 0.3 is 5.97 Å². The third-order valence-corrected chi connectivity index (χ3v) is 5.00. The van der Waals surface area contributed by atoms with Crippen molar-refractivity contribution in [2.75, 3.05) is 27.4 Å². The fraction of sp³-hybridized carbons (Fsp3) is 0.148. The van der Waals surface area contributed by atoms with Gasteiger partial charge in [0.15, 0.2) is 0 Å². The van der Waals surface area contributed by atoms with E-state index in [0.29, 0.717) is 30.3 Å². The second-order valence-corrected chi connectivity index (χ2v) is 7.16. The smallest absolute Gasteiger partial charge is 0.343 e. The third-order valence-electron chi connectivity index (χ3n) is 5.00. The first-order chi connectivity index (χ1) is 16.1. The molecule has 0 atom stereocenters. The van der Waals surface area contributed by atoms with Crippen molar-refractivity contribution in [1.82, 2.24) is 0 Å². The van der Waals surface area contributed by atoms with Gasteiger partial charge in [-0.3, -0.25) is 0 Å². The van der Waals surface area contributed by atoms with Gasteiger partial charge in [0.2, 0.25) is 0 Å². The Morgan fingerprint density at radius 2 is 1.06 bits per heavy atom. The Labute approximate surface area is 192 Å². The van der Waals surface area contributed by atoms with Crippen molar-refractivity contribution < 1.29 is 28.5 Å². The zero-order valence-electron chi connectivity index (χ0n) is 18.4. The topological polar surface area (TPSA) is 63.2 Å². The quantitative estimate of drug-likeness (QED) is 0.192. The van der Waals surface area contributed by atoms with Crippen LogP contribution in [0.2, 0.25) is 0 Å². The maximum Gasteiger partial charge on any atom is 0.343 e. The highest BCUT2D eigenvalue weighted by molar-refractivity contribution is 5.96. The molecule has 6 heteroatoms. The molecule has 33 heavy (non-hydrogen) atoms. The van der Waals surface area contributed by atoms with Gasteiger partial charge in [-0.15, -0.1) is 0 Å². The maximum atomic E-state index is 12.5. The average Bonchev–Trinajstić information content (AvgIpc) is 2.87. The van der Waals surface area contributed by atoms with Gasteiger partial charge in [-0.25, -0.2) is 4.79 Å². The van der Waals surface area contributed by atoms with Crippen molar-refractivity contribution in [2.24, 2.45) is 0 Å². The van der Waals surface area contributed by atoms with E-state index in [4.69, 9.17) is 23.7 Å². The second kappa shape index (κ2) is 10.4. The Hall–Kier alpha value is -4.19. The molecule has 4 rings (SSSR count). The lowest BCUT2D eigenvalue weighted by Crippen LogP contribution is -2.09. The van der Waals surface area contributed by atoms with Crippen LogP contribution in [0.4, 0.5) is 0 Å². The van der Waals surface area contributed by atoms with E-state index in [0.717, 1.165) is 28.0 Å². The molecule has 0 amide bonds. The Morgan fingerprint density at radius 1 is 0.576 bits per heavy atom. The number of benzene rings is 4. The maximum absolute atomic E-state index is 12.5. The van der Waals surface area contributed by atoms with Crippen LogP contribution in [0, 0.1) is 0 Å². The SMILES string of the molecule is COc1ccc(OCCOc2ccc(OC(=O)c3ccc4cc(OC)ccc4c3)cc2)cc1. The normalized spacial score (nSPS) is 10.5. The number of hydrogen-bond acceptors (Lipinski definition) is 6. The summed E-state index contributed by atoms with van der Waals surface area (Å²) >= 11 is 0. The summed E-state index contributed by atoms with van der Waals surface area (Å²) in [5.41, 5.74) is 0.476. The van der Waals surface area contributed by atoms with E-state index in [1.165, 1.54) is 0 Å². The molecule has 0 N–H and O–H groups in total. The van der Waals surface area contributed by atoms with Gasteiger partial charge in [0.05, 0.1) is 19.8 Å².